The molecule has 4 rings (SSSR count). The van der Waals surface area contributed by atoms with Crippen molar-refractivity contribution in [2.24, 2.45) is 0 Å². The molecule has 3 aliphatic carbocycles. The summed E-state index contributed by atoms with van der Waals surface area (Å²) in [5, 5.41) is 5.42. The molecule has 3 aliphatic rings. The molecule has 0 aliphatic heterocycles. The summed E-state index contributed by atoms with van der Waals surface area (Å²) in [5.74, 6) is 0. The highest BCUT2D eigenvalue weighted by Crippen LogP contribution is 2.43. The van der Waals surface area contributed by atoms with Gasteiger partial charge in [-0.1, -0.05) is 19.3 Å². The number of thiazole rings is 1. The Labute approximate surface area is 120 Å². The maximum Gasteiger partial charge on any atom is 0.113 e. The fourth-order valence-corrected chi connectivity index (χ4v) is 5.11. The number of rotatable bonds is 3. The minimum absolute atomic E-state index is 0.251. The third-order valence-electron chi connectivity index (χ3n) is 5.02. The minimum atomic E-state index is 0.251. The average Bonchev–Trinajstić information content (AvgIpc) is 3.14. The van der Waals surface area contributed by atoms with E-state index in [2.05, 4.69) is 5.32 Å². The van der Waals surface area contributed by atoms with E-state index < -0.39 is 0 Å². The van der Waals surface area contributed by atoms with E-state index in [1.165, 1.54) is 81.3 Å². The predicted octanol–water partition coefficient (Wildman–Crippen LogP) is 3.93. The summed E-state index contributed by atoms with van der Waals surface area (Å²) in [6, 6.07) is 0.791. The van der Waals surface area contributed by atoms with Crippen molar-refractivity contribution in [3.8, 4) is 0 Å². The Bertz CT molecular complexity index is 432. The Kier molecular flexibility index (Phi) is 3.15. The molecule has 0 bridgehead atoms. The Hall–Kier alpha value is -0.410. The largest absolute Gasteiger partial charge is 0.303 e. The molecule has 104 valence electrons. The van der Waals surface area contributed by atoms with Crippen molar-refractivity contribution in [3.05, 3.63) is 15.6 Å². The van der Waals surface area contributed by atoms with Crippen LogP contribution in [0.4, 0.5) is 0 Å². The molecule has 0 aromatic carbocycles. The van der Waals surface area contributed by atoms with Crippen molar-refractivity contribution in [1.29, 1.82) is 0 Å². The van der Waals surface area contributed by atoms with Crippen LogP contribution in [0.2, 0.25) is 0 Å². The van der Waals surface area contributed by atoms with Gasteiger partial charge >= 0.3 is 0 Å². The predicted molar refractivity (Wildman–Crippen MR) is 79.7 cm³/mol. The van der Waals surface area contributed by atoms with E-state index in [4.69, 9.17) is 4.98 Å². The van der Waals surface area contributed by atoms with Crippen LogP contribution in [0, 0.1) is 0 Å². The summed E-state index contributed by atoms with van der Waals surface area (Å²) in [6.07, 6.45) is 14.8. The number of nitrogens with one attached hydrogen (secondary N) is 1. The molecule has 19 heavy (non-hydrogen) atoms. The van der Waals surface area contributed by atoms with Crippen molar-refractivity contribution in [2.75, 3.05) is 0 Å². The standard InChI is InChI=1S/C16H24N2S/c1-4-10-16(11-5-1,18-12-8-9-12)15-17-13-6-2-3-7-14(13)19-15/h12,18H,1-11H2. The van der Waals surface area contributed by atoms with Gasteiger partial charge in [-0.3, -0.25) is 0 Å². The van der Waals surface area contributed by atoms with Gasteiger partial charge in [0, 0.05) is 10.9 Å². The van der Waals surface area contributed by atoms with E-state index in [0.29, 0.717) is 0 Å². The molecule has 2 saturated carbocycles. The highest BCUT2D eigenvalue weighted by atomic mass is 32.1. The van der Waals surface area contributed by atoms with Gasteiger partial charge < -0.3 is 5.32 Å². The molecule has 0 unspecified atom stereocenters. The highest BCUT2D eigenvalue weighted by molar-refractivity contribution is 7.11. The zero-order valence-electron chi connectivity index (χ0n) is 11.7. The maximum absolute atomic E-state index is 5.08. The zero-order valence-corrected chi connectivity index (χ0v) is 12.5. The van der Waals surface area contributed by atoms with E-state index >= 15 is 0 Å². The van der Waals surface area contributed by atoms with Crippen LogP contribution in [0.3, 0.4) is 0 Å². The lowest BCUT2D eigenvalue weighted by molar-refractivity contribution is 0.230. The summed E-state index contributed by atoms with van der Waals surface area (Å²) < 4.78 is 0. The SMILES string of the molecule is C1CCC(NC2CC2)(c2nc3c(s2)CCCC3)CC1. The van der Waals surface area contributed by atoms with Gasteiger partial charge in [0.1, 0.15) is 5.01 Å². The first-order valence-corrected chi connectivity index (χ1v) is 8.94. The molecule has 1 aromatic rings. The number of hydrogen-bond donors (Lipinski definition) is 1. The minimum Gasteiger partial charge on any atom is -0.303 e. The van der Waals surface area contributed by atoms with E-state index in [-0.39, 0.29) is 5.54 Å². The molecule has 2 fully saturated rings. The lowest BCUT2D eigenvalue weighted by Gasteiger charge is -2.37. The summed E-state index contributed by atoms with van der Waals surface area (Å²) in [5.41, 5.74) is 1.69. The molecule has 1 N–H and O–H groups in total. The van der Waals surface area contributed by atoms with Crippen LogP contribution in [-0.2, 0) is 18.4 Å². The average molecular weight is 276 g/mol. The Balaban J connectivity index is 1.66. The molecule has 1 heterocycles. The Morgan fingerprint density at radius 3 is 2.53 bits per heavy atom. The van der Waals surface area contributed by atoms with Gasteiger partial charge in [-0.25, -0.2) is 4.98 Å². The topological polar surface area (TPSA) is 24.9 Å². The van der Waals surface area contributed by atoms with Crippen molar-refractivity contribution in [3.63, 3.8) is 0 Å². The van der Waals surface area contributed by atoms with Crippen LogP contribution in [0.1, 0.15) is 73.4 Å². The molecule has 3 heteroatoms. The van der Waals surface area contributed by atoms with Gasteiger partial charge in [0.05, 0.1) is 11.2 Å². The lowest BCUT2D eigenvalue weighted by Crippen LogP contribution is -2.45. The van der Waals surface area contributed by atoms with Gasteiger partial charge in [0.25, 0.3) is 0 Å². The normalized spacial score (nSPS) is 26.1. The van der Waals surface area contributed by atoms with E-state index in [9.17, 15) is 0 Å². The molecule has 1 aromatic heterocycles. The second kappa shape index (κ2) is 4.85. The first-order valence-electron chi connectivity index (χ1n) is 8.12. The Morgan fingerprint density at radius 1 is 1.00 bits per heavy atom. The molecule has 0 amide bonds. The first-order chi connectivity index (χ1) is 9.36. The fraction of sp³-hybridized carbons (Fsp3) is 0.812. The van der Waals surface area contributed by atoms with Crippen LogP contribution in [0.5, 0.6) is 0 Å². The van der Waals surface area contributed by atoms with Crippen molar-refractivity contribution < 1.29 is 0 Å². The molecular weight excluding hydrogens is 252 g/mol. The fourth-order valence-electron chi connectivity index (χ4n) is 3.75. The number of aromatic nitrogens is 1. The maximum atomic E-state index is 5.08. The summed E-state index contributed by atoms with van der Waals surface area (Å²) >= 11 is 2.04. The van der Waals surface area contributed by atoms with Gasteiger partial charge in [-0.05, 0) is 51.4 Å². The highest BCUT2D eigenvalue weighted by Gasteiger charge is 2.41. The summed E-state index contributed by atoms with van der Waals surface area (Å²) in [4.78, 5) is 6.68. The van der Waals surface area contributed by atoms with Crippen LogP contribution in [0.15, 0.2) is 0 Å². The molecule has 0 spiro atoms. The van der Waals surface area contributed by atoms with Crippen LogP contribution < -0.4 is 5.32 Å². The number of hydrogen-bond acceptors (Lipinski definition) is 3. The van der Waals surface area contributed by atoms with Gasteiger partial charge in [0.15, 0.2) is 0 Å². The number of aryl methyl sites for hydroxylation is 2. The van der Waals surface area contributed by atoms with Crippen molar-refractivity contribution in [2.45, 2.75) is 82.2 Å². The second-order valence-electron chi connectivity index (χ2n) is 6.66. The third-order valence-corrected chi connectivity index (χ3v) is 6.38. The van der Waals surface area contributed by atoms with Gasteiger partial charge in [0.2, 0.25) is 0 Å². The van der Waals surface area contributed by atoms with Crippen LogP contribution in [-0.4, -0.2) is 11.0 Å². The molecule has 0 atom stereocenters. The first kappa shape index (κ1) is 12.3. The molecular formula is C16H24N2S. The molecule has 0 radical (unpaired) electrons. The molecule has 0 saturated heterocycles. The van der Waals surface area contributed by atoms with Crippen LogP contribution in [0.25, 0.3) is 0 Å². The monoisotopic (exact) mass is 276 g/mol. The zero-order chi connectivity index (χ0) is 12.7. The Morgan fingerprint density at radius 2 is 1.79 bits per heavy atom. The summed E-state index contributed by atoms with van der Waals surface area (Å²) in [7, 11) is 0. The number of fused-ring (bicyclic) bond motifs is 1. The van der Waals surface area contributed by atoms with E-state index in [0.717, 1.165) is 6.04 Å². The quantitative estimate of drug-likeness (QED) is 0.904. The van der Waals surface area contributed by atoms with Crippen molar-refractivity contribution >= 4 is 11.3 Å². The van der Waals surface area contributed by atoms with Crippen LogP contribution >= 0.6 is 11.3 Å². The van der Waals surface area contributed by atoms with E-state index in [1.54, 1.807) is 4.88 Å². The van der Waals surface area contributed by atoms with Gasteiger partial charge in [-0.2, -0.15) is 0 Å². The smallest absolute Gasteiger partial charge is 0.113 e. The third kappa shape index (κ3) is 2.36. The van der Waals surface area contributed by atoms with Crippen molar-refractivity contribution in [1.82, 2.24) is 10.3 Å². The number of nitrogens with zero attached hydrogens (tertiary/aromatic N) is 1. The van der Waals surface area contributed by atoms with E-state index in [1.807, 2.05) is 11.3 Å². The molecule has 2 nitrogen and oxygen atoms in total. The summed E-state index contributed by atoms with van der Waals surface area (Å²) in [6.45, 7) is 0. The second-order valence-corrected chi connectivity index (χ2v) is 7.74. The lowest BCUT2D eigenvalue weighted by atomic mass is 9.82. The van der Waals surface area contributed by atoms with Gasteiger partial charge in [-0.15, -0.1) is 11.3 Å².